The lowest BCUT2D eigenvalue weighted by Crippen LogP contribution is -2.35. The van der Waals surface area contributed by atoms with Crippen molar-refractivity contribution in [2.24, 2.45) is 0 Å². The zero-order valence-electron chi connectivity index (χ0n) is 15.8. The third-order valence-electron chi connectivity index (χ3n) is 5.66. The second kappa shape index (κ2) is 7.33. The molecule has 1 aromatic carbocycles. The molecule has 0 unspecified atom stereocenters. The second-order valence-electron chi connectivity index (χ2n) is 7.80. The van der Waals surface area contributed by atoms with E-state index in [1.54, 1.807) is 6.07 Å². The smallest absolute Gasteiger partial charge is 0.145 e. The maximum Gasteiger partial charge on any atom is 0.145 e. The van der Waals surface area contributed by atoms with Crippen molar-refractivity contribution in [2.45, 2.75) is 51.7 Å². The van der Waals surface area contributed by atoms with Crippen LogP contribution in [-0.2, 0) is 19.5 Å². The Labute approximate surface area is 155 Å². The van der Waals surface area contributed by atoms with Crippen LogP contribution < -0.4 is 0 Å². The lowest BCUT2D eigenvalue weighted by atomic mass is 9.99. The maximum atomic E-state index is 10.2. The molecule has 0 amide bonds. The van der Waals surface area contributed by atoms with E-state index in [1.165, 1.54) is 29.7 Å². The highest BCUT2D eigenvalue weighted by molar-refractivity contribution is 5.35. The predicted octanol–water partition coefficient (Wildman–Crippen LogP) is 3.21. The molecule has 0 saturated carbocycles. The second-order valence-corrected chi connectivity index (χ2v) is 7.80. The zero-order valence-corrected chi connectivity index (χ0v) is 15.8. The van der Waals surface area contributed by atoms with Gasteiger partial charge in [0.25, 0.3) is 0 Å². The molecule has 5 heteroatoms. The normalized spacial score (nSPS) is 21.5. The summed E-state index contributed by atoms with van der Waals surface area (Å²) in [5, 5.41) is 10.2. The number of benzene rings is 1. The van der Waals surface area contributed by atoms with Crippen LogP contribution in [0.4, 0.5) is 0 Å². The fraction of sp³-hybridized carbons (Fsp3) is 0.524. The van der Waals surface area contributed by atoms with Crippen LogP contribution in [-0.4, -0.2) is 45.0 Å². The molecule has 26 heavy (non-hydrogen) atoms. The molecule has 1 atom stereocenters. The summed E-state index contributed by atoms with van der Waals surface area (Å²) in [5.41, 5.74) is 4.66. The van der Waals surface area contributed by atoms with Gasteiger partial charge in [-0.1, -0.05) is 24.1 Å². The summed E-state index contributed by atoms with van der Waals surface area (Å²) in [6.45, 7) is 5.86. The number of aromatic nitrogens is 2. The van der Waals surface area contributed by atoms with E-state index in [0.29, 0.717) is 5.75 Å². The highest BCUT2D eigenvalue weighted by Gasteiger charge is 2.28. The first-order valence-corrected chi connectivity index (χ1v) is 9.66. The Kier molecular flexibility index (Phi) is 4.92. The average Bonchev–Trinajstić information content (AvgIpc) is 2.65. The number of rotatable bonds is 3. The van der Waals surface area contributed by atoms with Gasteiger partial charge in [0, 0.05) is 49.1 Å². The molecular formula is C21H28N4O. The molecule has 3 heterocycles. The van der Waals surface area contributed by atoms with E-state index in [9.17, 15) is 5.11 Å². The third kappa shape index (κ3) is 3.60. The van der Waals surface area contributed by atoms with Crippen molar-refractivity contribution in [3.63, 3.8) is 0 Å². The number of phenols is 1. The zero-order chi connectivity index (χ0) is 18.1. The van der Waals surface area contributed by atoms with Gasteiger partial charge in [0.2, 0.25) is 0 Å². The van der Waals surface area contributed by atoms with Crippen molar-refractivity contribution in [1.82, 2.24) is 19.8 Å². The molecule has 5 nitrogen and oxygen atoms in total. The summed E-state index contributed by atoms with van der Waals surface area (Å²) in [5.74, 6) is 1.34. The molecule has 0 bridgehead atoms. The van der Waals surface area contributed by atoms with Gasteiger partial charge in [-0.25, -0.2) is 9.97 Å². The maximum absolute atomic E-state index is 10.2. The van der Waals surface area contributed by atoms with Crippen LogP contribution in [0.15, 0.2) is 24.4 Å². The first kappa shape index (κ1) is 17.4. The molecule has 4 rings (SSSR count). The van der Waals surface area contributed by atoms with Gasteiger partial charge in [-0.05, 0) is 39.4 Å². The quantitative estimate of drug-likeness (QED) is 0.919. The van der Waals surface area contributed by atoms with E-state index in [2.05, 4.69) is 29.8 Å². The molecule has 1 fully saturated rings. The Bertz CT molecular complexity index is 792. The van der Waals surface area contributed by atoms with Crippen LogP contribution in [0, 0.1) is 6.92 Å². The van der Waals surface area contributed by atoms with E-state index in [0.717, 1.165) is 50.4 Å². The Hall–Kier alpha value is -1.98. The van der Waals surface area contributed by atoms with Gasteiger partial charge in [0.15, 0.2) is 0 Å². The monoisotopic (exact) mass is 352 g/mol. The number of hydrogen-bond donors (Lipinski definition) is 1. The molecule has 2 aliphatic heterocycles. The SMILES string of the molecule is Cc1ccc(O)c(CN2CCCC[C@H]2c2ncc3c(n2)CCN(C)C3)c1. The minimum atomic E-state index is 0.244. The third-order valence-corrected chi connectivity index (χ3v) is 5.66. The summed E-state index contributed by atoms with van der Waals surface area (Å²) in [6, 6.07) is 6.09. The lowest BCUT2D eigenvalue weighted by Gasteiger charge is -2.35. The van der Waals surface area contributed by atoms with Gasteiger partial charge >= 0.3 is 0 Å². The van der Waals surface area contributed by atoms with Crippen LogP contribution in [0.1, 0.15) is 53.5 Å². The number of likely N-dealkylation sites (N-methyl/N-ethyl adjacent to an activating group) is 1. The molecule has 0 radical (unpaired) electrons. The van der Waals surface area contributed by atoms with Crippen LogP contribution in [0.5, 0.6) is 5.75 Å². The van der Waals surface area contributed by atoms with Crippen LogP contribution >= 0.6 is 0 Å². The minimum Gasteiger partial charge on any atom is -0.508 e. The number of likely N-dealkylation sites (tertiary alicyclic amines) is 1. The number of phenolic OH excluding ortho intramolecular Hbond substituents is 1. The Morgan fingerprint density at radius 2 is 2.12 bits per heavy atom. The van der Waals surface area contributed by atoms with E-state index >= 15 is 0 Å². The van der Waals surface area contributed by atoms with Crippen molar-refractivity contribution in [1.29, 1.82) is 0 Å². The van der Waals surface area contributed by atoms with Gasteiger partial charge < -0.3 is 10.0 Å². The molecule has 2 aliphatic rings. The summed E-state index contributed by atoms with van der Waals surface area (Å²) in [4.78, 5) is 14.5. The Morgan fingerprint density at radius 3 is 3.00 bits per heavy atom. The first-order valence-electron chi connectivity index (χ1n) is 9.66. The summed E-state index contributed by atoms with van der Waals surface area (Å²) in [7, 11) is 2.15. The highest BCUT2D eigenvalue weighted by Crippen LogP contribution is 2.32. The predicted molar refractivity (Wildman–Crippen MR) is 102 cm³/mol. The summed E-state index contributed by atoms with van der Waals surface area (Å²) in [6.07, 6.45) is 6.53. The molecule has 1 aromatic heterocycles. The van der Waals surface area contributed by atoms with Crippen LogP contribution in [0.2, 0.25) is 0 Å². The van der Waals surface area contributed by atoms with Crippen LogP contribution in [0.25, 0.3) is 0 Å². The van der Waals surface area contributed by atoms with Gasteiger partial charge in [-0.3, -0.25) is 4.90 Å². The molecule has 2 aromatic rings. The highest BCUT2D eigenvalue weighted by atomic mass is 16.3. The number of hydrogen-bond acceptors (Lipinski definition) is 5. The van der Waals surface area contributed by atoms with E-state index in [1.807, 2.05) is 12.3 Å². The first-order chi connectivity index (χ1) is 12.6. The molecule has 0 spiro atoms. The molecule has 0 aliphatic carbocycles. The van der Waals surface area contributed by atoms with Crippen molar-refractivity contribution < 1.29 is 5.11 Å². The van der Waals surface area contributed by atoms with Gasteiger partial charge in [-0.15, -0.1) is 0 Å². The largest absolute Gasteiger partial charge is 0.508 e. The van der Waals surface area contributed by atoms with E-state index in [-0.39, 0.29) is 6.04 Å². The lowest BCUT2D eigenvalue weighted by molar-refractivity contribution is 0.132. The number of aryl methyl sites for hydroxylation is 1. The number of aromatic hydroxyl groups is 1. The van der Waals surface area contributed by atoms with Crippen molar-refractivity contribution in [3.8, 4) is 5.75 Å². The fourth-order valence-corrected chi connectivity index (χ4v) is 4.17. The number of fused-ring (bicyclic) bond motifs is 1. The van der Waals surface area contributed by atoms with E-state index in [4.69, 9.17) is 9.97 Å². The van der Waals surface area contributed by atoms with Crippen molar-refractivity contribution in [2.75, 3.05) is 20.1 Å². The van der Waals surface area contributed by atoms with Gasteiger partial charge in [0.05, 0.1) is 6.04 Å². The van der Waals surface area contributed by atoms with E-state index < -0.39 is 0 Å². The fourth-order valence-electron chi connectivity index (χ4n) is 4.17. The Morgan fingerprint density at radius 1 is 1.23 bits per heavy atom. The standard InChI is InChI=1S/C21H28N4O/c1-15-6-7-20(26)16(11-15)14-25-9-4-3-5-19(25)21-22-12-17-13-24(2)10-8-18(17)23-21/h6-7,11-12,19,26H,3-5,8-10,13-14H2,1-2H3/t19-/m0/s1. The van der Waals surface area contributed by atoms with Gasteiger partial charge in [-0.2, -0.15) is 0 Å². The number of piperidine rings is 1. The van der Waals surface area contributed by atoms with Gasteiger partial charge in [0.1, 0.15) is 11.6 Å². The molecule has 1 N–H and O–H groups in total. The summed E-state index contributed by atoms with van der Waals surface area (Å²) < 4.78 is 0. The average molecular weight is 352 g/mol. The topological polar surface area (TPSA) is 52.5 Å². The summed E-state index contributed by atoms with van der Waals surface area (Å²) >= 11 is 0. The molecule has 1 saturated heterocycles. The van der Waals surface area contributed by atoms with Crippen molar-refractivity contribution in [3.05, 3.63) is 52.6 Å². The molecular weight excluding hydrogens is 324 g/mol. The molecule has 138 valence electrons. The minimum absolute atomic E-state index is 0.244. The Balaban J connectivity index is 1.59. The van der Waals surface area contributed by atoms with Crippen LogP contribution in [0.3, 0.4) is 0 Å². The number of nitrogens with zero attached hydrogens (tertiary/aromatic N) is 4. The van der Waals surface area contributed by atoms with Crippen molar-refractivity contribution >= 4 is 0 Å².